The summed E-state index contributed by atoms with van der Waals surface area (Å²) >= 11 is 0. The van der Waals surface area contributed by atoms with E-state index in [1.54, 1.807) is 18.3 Å². The molecule has 0 saturated heterocycles. The van der Waals surface area contributed by atoms with Gasteiger partial charge >= 0.3 is 5.97 Å². The van der Waals surface area contributed by atoms with Crippen molar-refractivity contribution in [3.63, 3.8) is 0 Å². The van der Waals surface area contributed by atoms with Crippen LogP contribution >= 0.6 is 0 Å². The van der Waals surface area contributed by atoms with Gasteiger partial charge in [0.05, 0.1) is 13.0 Å². The molecule has 1 heterocycles. The number of hydrogen-bond acceptors (Lipinski definition) is 3. The third-order valence-corrected chi connectivity index (χ3v) is 2.26. The Kier molecular flexibility index (Phi) is 3.66. The highest BCUT2D eigenvalue weighted by Crippen LogP contribution is 2.24. The second-order valence-electron chi connectivity index (χ2n) is 3.69. The lowest BCUT2D eigenvalue weighted by molar-refractivity contribution is -0.139. The second-order valence-corrected chi connectivity index (χ2v) is 3.69. The standard InChI is InChI=1S/C11H15NO3/c1-7(2)10(11(13)14)8-4-5-9(15-3)12-6-8/h4-7,10H,1-3H3,(H,13,14). The van der Waals surface area contributed by atoms with E-state index in [4.69, 9.17) is 9.84 Å². The fourth-order valence-electron chi connectivity index (χ4n) is 1.51. The average molecular weight is 209 g/mol. The van der Waals surface area contributed by atoms with Crippen molar-refractivity contribution in [2.24, 2.45) is 5.92 Å². The first kappa shape index (κ1) is 11.5. The molecule has 0 radical (unpaired) electrons. The number of carboxylic acid groups (broad SMARTS) is 1. The molecular formula is C11H15NO3. The number of rotatable bonds is 4. The van der Waals surface area contributed by atoms with Crippen LogP contribution in [0.5, 0.6) is 5.88 Å². The zero-order chi connectivity index (χ0) is 11.4. The predicted octanol–water partition coefficient (Wildman–Crippen LogP) is 1.91. The van der Waals surface area contributed by atoms with Gasteiger partial charge in [-0.25, -0.2) is 4.98 Å². The summed E-state index contributed by atoms with van der Waals surface area (Å²) in [5.41, 5.74) is 0.707. The van der Waals surface area contributed by atoms with E-state index in [2.05, 4.69) is 4.98 Å². The number of methoxy groups -OCH3 is 1. The van der Waals surface area contributed by atoms with Crippen LogP contribution in [-0.4, -0.2) is 23.2 Å². The molecule has 1 atom stereocenters. The third-order valence-electron chi connectivity index (χ3n) is 2.26. The number of carboxylic acids is 1. The predicted molar refractivity (Wildman–Crippen MR) is 56.0 cm³/mol. The van der Waals surface area contributed by atoms with Crippen molar-refractivity contribution in [3.8, 4) is 5.88 Å². The lowest BCUT2D eigenvalue weighted by Gasteiger charge is -2.16. The van der Waals surface area contributed by atoms with Gasteiger partial charge < -0.3 is 9.84 Å². The minimum Gasteiger partial charge on any atom is -0.481 e. The summed E-state index contributed by atoms with van der Waals surface area (Å²) in [7, 11) is 1.53. The molecule has 1 N–H and O–H groups in total. The summed E-state index contributed by atoms with van der Waals surface area (Å²) < 4.78 is 4.91. The second kappa shape index (κ2) is 4.77. The maximum atomic E-state index is 11.0. The molecule has 0 bridgehead atoms. The van der Waals surface area contributed by atoms with Gasteiger partial charge in [-0.15, -0.1) is 0 Å². The van der Waals surface area contributed by atoms with Crippen molar-refractivity contribution in [1.29, 1.82) is 0 Å². The van der Waals surface area contributed by atoms with E-state index in [1.807, 2.05) is 13.8 Å². The van der Waals surface area contributed by atoms with Gasteiger partial charge in [0, 0.05) is 12.3 Å². The van der Waals surface area contributed by atoms with Crippen molar-refractivity contribution in [2.75, 3.05) is 7.11 Å². The first-order chi connectivity index (χ1) is 7.06. The van der Waals surface area contributed by atoms with Crippen LogP contribution in [0.25, 0.3) is 0 Å². The number of ether oxygens (including phenoxy) is 1. The topological polar surface area (TPSA) is 59.4 Å². The lowest BCUT2D eigenvalue weighted by Crippen LogP contribution is -2.17. The molecule has 1 rings (SSSR count). The van der Waals surface area contributed by atoms with Gasteiger partial charge in [-0.1, -0.05) is 19.9 Å². The Balaban J connectivity index is 2.97. The fourth-order valence-corrected chi connectivity index (χ4v) is 1.51. The molecule has 0 aromatic carbocycles. The molecular weight excluding hydrogens is 194 g/mol. The number of hydrogen-bond donors (Lipinski definition) is 1. The minimum atomic E-state index is -0.822. The van der Waals surface area contributed by atoms with Crippen LogP contribution in [0.15, 0.2) is 18.3 Å². The largest absolute Gasteiger partial charge is 0.481 e. The van der Waals surface area contributed by atoms with E-state index in [-0.39, 0.29) is 5.92 Å². The molecule has 0 amide bonds. The quantitative estimate of drug-likeness (QED) is 0.822. The summed E-state index contributed by atoms with van der Waals surface area (Å²) in [6, 6.07) is 3.41. The van der Waals surface area contributed by atoms with Crippen LogP contribution in [-0.2, 0) is 4.79 Å². The summed E-state index contributed by atoms with van der Waals surface area (Å²) in [5.74, 6) is -0.801. The Morgan fingerprint density at radius 3 is 2.47 bits per heavy atom. The molecule has 0 aliphatic carbocycles. The zero-order valence-electron chi connectivity index (χ0n) is 9.10. The van der Waals surface area contributed by atoms with Crippen LogP contribution in [0, 0.1) is 5.92 Å². The Hall–Kier alpha value is -1.58. The van der Waals surface area contributed by atoms with E-state index >= 15 is 0 Å². The van der Waals surface area contributed by atoms with E-state index in [1.165, 1.54) is 7.11 Å². The van der Waals surface area contributed by atoms with Crippen molar-refractivity contribution >= 4 is 5.97 Å². The summed E-state index contributed by atoms with van der Waals surface area (Å²) in [6.07, 6.45) is 1.55. The van der Waals surface area contributed by atoms with Gasteiger partial charge in [-0.3, -0.25) is 4.79 Å². The SMILES string of the molecule is COc1ccc(C(C(=O)O)C(C)C)cn1. The zero-order valence-corrected chi connectivity index (χ0v) is 9.10. The molecule has 1 unspecified atom stereocenters. The van der Waals surface area contributed by atoms with E-state index in [9.17, 15) is 4.79 Å². The molecule has 82 valence electrons. The smallest absolute Gasteiger partial charge is 0.311 e. The van der Waals surface area contributed by atoms with E-state index < -0.39 is 11.9 Å². The molecule has 4 nitrogen and oxygen atoms in total. The highest BCUT2D eigenvalue weighted by atomic mass is 16.5. The highest BCUT2D eigenvalue weighted by Gasteiger charge is 2.23. The summed E-state index contributed by atoms with van der Waals surface area (Å²) in [4.78, 5) is 15.0. The number of nitrogens with zero attached hydrogens (tertiary/aromatic N) is 1. The van der Waals surface area contributed by atoms with E-state index in [0.29, 0.717) is 11.4 Å². The Labute approximate surface area is 88.9 Å². The van der Waals surface area contributed by atoms with Crippen LogP contribution < -0.4 is 4.74 Å². The van der Waals surface area contributed by atoms with Crippen molar-refractivity contribution in [3.05, 3.63) is 23.9 Å². The number of pyridine rings is 1. The normalized spacial score (nSPS) is 12.5. The molecule has 1 aromatic heterocycles. The molecule has 4 heteroatoms. The Bertz CT molecular complexity index is 332. The number of aromatic nitrogens is 1. The lowest BCUT2D eigenvalue weighted by atomic mass is 9.90. The van der Waals surface area contributed by atoms with Gasteiger partial charge in [0.1, 0.15) is 0 Å². The molecule has 15 heavy (non-hydrogen) atoms. The Morgan fingerprint density at radius 2 is 2.13 bits per heavy atom. The molecule has 1 aromatic rings. The maximum Gasteiger partial charge on any atom is 0.311 e. The first-order valence-corrected chi connectivity index (χ1v) is 4.79. The van der Waals surface area contributed by atoms with Gasteiger partial charge in [0.2, 0.25) is 5.88 Å². The van der Waals surface area contributed by atoms with E-state index in [0.717, 1.165) is 0 Å². The Morgan fingerprint density at radius 1 is 1.47 bits per heavy atom. The number of aliphatic carboxylic acids is 1. The summed E-state index contributed by atoms with van der Waals surface area (Å²) in [5, 5.41) is 9.06. The van der Waals surface area contributed by atoms with Gasteiger partial charge in [0.25, 0.3) is 0 Å². The van der Waals surface area contributed by atoms with Crippen LogP contribution in [0.4, 0.5) is 0 Å². The highest BCUT2D eigenvalue weighted by molar-refractivity contribution is 5.76. The maximum absolute atomic E-state index is 11.0. The van der Waals surface area contributed by atoms with Crippen molar-refractivity contribution in [1.82, 2.24) is 4.98 Å². The van der Waals surface area contributed by atoms with Gasteiger partial charge in [-0.2, -0.15) is 0 Å². The molecule has 0 aliphatic heterocycles. The van der Waals surface area contributed by atoms with Gasteiger partial charge in [0.15, 0.2) is 0 Å². The molecule has 0 fully saturated rings. The average Bonchev–Trinajstić information content (AvgIpc) is 2.18. The van der Waals surface area contributed by atoms with Crippen LogP contribution in [0.1, 0.15) is 25.3 Å². The van der Waals surface area contributed by atoms with Crippen LogP contribution in [0.3, 0.4) is 0 Å². The molecule has 0 saturated carbocycles. The monoisotopic (exact) mass is 209 g/mol. The third kappa shape index (κ3) is 2.68. The molecule has 0 aliphatic rings. The minimum absolute atomic E-state index is 0.0395. The fraction of sp³-hybridized carbons (Fsp3) is 0.455. The summed E-state index contributed by atoms with van der Waals surface area (Å²) in [6.45, 7) is 3.76. The van der Waals surface area contributed by atoms with Crippen molar-refractivity contribution < 1.29 is 14.6 Å². The number of carbonyl (C=O) groups is 1. The van der Waals surface area contributed by atoms with Crippen LogP contribution in [0.2, 0.25) is 0 Å². The molecule has 0 spiro atoms. The van der Waals surface area contributed by atoms with Crippen molar-refractivity contribution in [2.45, 2.75) is 19.8 Å². The first-order valence-electron chi connectivity index (χ1n) is 4.79. The van der Waals surface area contributed by atoms with Gasteiger partial charge in [-0.05, 0) is 11.5 Å².